The van der Waals surface area contributed by atoms with E-state index < -0.39 is 0 Å². The SMILES string of the molecule is Cc1ccccc1SCC(=O)N1CCCN(Cc2ccc(C#N)cc2)CC1. The molecule has 0 saturated carbocycles. The van der Waals surface area contributed by atoms with E-state index in [2.05, 4.69) is 30.0 Å². The second kappa shape index (κ2) is 9.59. The number of rotatable bonds is 5. The van der Waals surface area contributed by atoms with Gasteiger partial charge in [0.2, 0.25) is 5.91 Å². The lowest BCUT2D eigenvalue weighted by atomic mass is 10.1. The largest absolute Gasteiger partial charge is 0.341 e. The van der Waals surface area contributed by atoms with Crippen LogP contribution in [0.2, 0.25) is 0 Å². The van der Waals surface area contributed by atoms with E-state index in [0.29, 0.717) is 11.3 Å². The lowest BCUT2D eigenvalue weighted by molar-refractivity contribution is -0.128. The van der Waals surface area contributed by atoms with Crippen LogP contribution < -0.4 is 0 Å². The number of thioether (sulfide) groups is 1. The Morgan fingerprint density at radius 1 is 1.07 bits per heavy atom. The molecule has 2 aromatic carbocycles. The highest BCUT2D eigenvalue weighted by Gasteiger charge is 2.19. The maximum absolute atomic E-state index is 12.6. The molecule has 0 atom stereocenters. The summed E-state index contributed by atoms with van der Waals surface area (Å²) < 4.78 is 0. The Balaban J connectivity index is 1.49. The lowest BCUT2D eigenvalue weighted by Crippen LogP contribution is -2.36. The Kier molecular flexibility index (Phi) is 6.92. The summed E-state index contributed by atoms with van der Waals surface area (Å²) in [5, 5.41) is 8.90. The number of amides is 1. The van der Waals surface area contributed by atoms with Crippen molar-refractivity contribution < 1.29 is 4.79 Å². The monoisotopic (exact) mass is 379 g/mol. The maximum Gasteiger partial charge on any atom is 0.232 e. The Labute approximate surface area is 165 Å². The summed E-state index contributed by atoms with van der Waals surface area (Å²) in [6.07, 6.45) is 0.997. The average Bonchev–Trinajstić information content (AvgIpc) is 2.93. The molecule has 1 saturated heterocycles. The van der Waals surface area contributed by atoms with E-state index in [9.17, 15) is 4.79 Å². The van der Waals surface area contributed by atoms with Crippen LogP contribution in [0.25, 0.3) is 0 Å². The number of nitriles is 1. The van der Waals surface area contributed by atoms with Crippen LogP contribution >= 0.6 is 11.8 Å². The molecule has 0 aliphatic carbocycles. The van der Waals surface area contributed by atoms with Crippen molar-refractivity contribution in [3.05, 3.63) is 65.2 Å². The van der Waals surface area contributed by atoms with Gasteiger partial charge >= 0.3 is 0 Å². The maximum atomic E-state index is 12.6. The Morgan fingerprint density at radius 3 is 2.59 bits per heavy atom. The summed E-state index contributed by atoms with van der Waals surface area (Å²) in [6.45, 7) is 6.45. The smallest absolute Gasteiger partial charge is 0.232 e. The van der Waals surface area contributed by atoms with Crippen LogP contribution in [0.1, 0.15) is 23.1 Å². The molecule has 3 rings (SSSR count). The molecule has 4 nitrogen and oxygen atoms in total. The first-order valence-corrected chi connectivity index (χ1v) is 10.3. The molecular weight excluding hydrogens is 354 g/mol. The van der Waals surface area contributed by atoms with Crippen LogP contribution in [-0.4, -0.2) is 47.6 Å². The molecule has 1 fully saturated rings. The van der Waals surface area contributed by atoms with E-state index in [4.69, 9.17) is 5.26 Å². The third-order valence-corrected chi connectivity index (χ3v) is 6.04. The van der Waals surface area contributed by atoms with Gasteiger partial charge < -0.3 is 4.90 Å². The molecule has 2 aromatic rings. The zero-order valence-electron chi connectivity index (χ0n) is 15.7. The van der Waals surface area contributed by atoms with E-state index in [1.165, 1.54) is 16.0 Å². The predicted molar refractivity (Wildman–Crippen MR) is 110 cm³/mol. The summed E-state index contributed by atoms with van der Waals surface area (Å²) in [5.41, 5.74) is 3.13. The van der Waals surface area contributed by atoms with Crippen LogP contribution in [0.4, 0.5) is 0 Å². The summed E-state index contributed by atoms with van der Waals surface area (Å²) >= 11 is 1.63. The van der Waals surface area contributed by atoms with E-state index >= 15 is 0 Å². The van der Waals surface area contributed by atoms with Gasteiger partial charge in [-0.05, 0) is 42.7 Å². The number of nitrogens with zero attached hydrogens (tertiary/aromatic N) is 3. The zero-order chi connectivity index (χ0) is 19.1. The number of aryl methyl sites for hydroxylation is 1. The fourth-order valence-corrected chi connectivity index (χ4v) is 4.20. The van der Waals surface area contributed by atoms with Crippen molar-refractivity contribution >= 4 is 17.7 Å². The molecule has 27 heavy (non-hydrogen) atoms. The molecule has 0 radical (unpaired) electrons. The van der Waals surface area contributed by atoms with Crippen LogP contribution in [0, 0.1) is 18.3 Å². The number of hydrogen-bond donors (Lipinski definition) is 0. The minimum atomic E-state index is 0.225. The highest BCUT2D eigenvalue weighted by atomic mass is 32.2. The summed E-state index contributed by atoms with van der Waals surface area (Å²) in [7, 11) is 0. The van der Waals surface area contributed by atoms with Crippen molar-refractivity contribution in [1.82, 2.24) is 9.80 Å². The molecule has 0 bridgehead atoms. The second-order valence-electron chi connectivity index (χ2n) is 6.87. The number of benzene rings is 2. The first-order chi connectivity index (χ1) is 13.2. The fraction of sp³-hybridized carbons (Fsp3) is 0.364. The van der Waals surface area contributed by atoms with Crippen molar-refractivity contribution in [2.24, 2.45) is 0 Å². The summed E-state index contributed by atoms with van der Waals surface area (Å²) in [5.74, 6) is 0.726. The standard InChI is InChI=1S/C22H25N3OS/c1-18-5-2-3-6-21(18)27-17-22(26)25-12-4-11-24(13-14-25)16-20-9-7-19(15-23)8-10-20/h2-3,5-10H,4,11-14,16-17H2,1H3. The third kappa shape index (κ3) is 5.59. The van der Waals surface area contributed by atoms with E-state index in [-0.39, 0.29) is 5.91 Å². The minimum absolute atomic E-state index is 0.225. The summed E-state index contributed by atoms with van der Waals surface area (Å²) in [4.78, 5) is 18.2. The van der Waals surface area contributed by atoms with Crippen LogP contribution in [0.15, 0.2) is 53.4 Å². The molecule has 0 aromatic heterocycles. The number of carbonyl (C=O) groups is 1. The highest BCUT2D eigenvalue weighted by Crippen LogP contribution is 2.22. The van der Waals surface area contributed by atoms with Crippen LogP contribution in [0.5, 0.6) is 0 Å². The minimum Gasteiger partial charge on any atom is -0.341 e. The average molecular weight is 380 g/mol. The van der Waals surface area contributed by atoms with E-state index in [0.717, 1.165) is 39.1 Å². The van der Waals surface area contributed by atoms with Gasteiger partial charge in [0.25, 0.3) is 0 Å². The molecule has 1 aliphatic heterocycles. The second-order valence-corrected chi connectivity index (χ2v) is 7.89. The van der Waals surface area contributed by atoms with Crippen molar-refractivity contribution in [3.8, 4) is 6.07 Å². The van der Waals surface area contributed by atoms with Gasteiger partial charge in [-0.3, -0.25) is 9.69 Å². The summed E-state index contributed by atoms with van der Waals surface area (Å²) in [6, 6.07) is 18.1. The van der Waals surface area contributed by atoms with Crippen molar-refractivity contribution in [2.45, 2.75) is 24.8 Å². The molecule has 1 aliphatic rings. The van der Waals surface area contributed by atoms with Crippen molar-refractivity contribution in [1.29, 1.82) is 5.26 Å². The lowest BCUT2D eigenvalue weighted by Gasteiger charge is -2.22. The van der Waals surface area contributed by atoms with Gasteiger partial charge in [0.1, 0.15) is 0 Å². The van der Waals surface area contributed by atoms with Crippen molar-refractivity contribution in [2.75, 3.05) is 31.9 Å². The molecule has 1 heterocycles. The molecule has 1 amide bonds. The molecule has 0 N–H and O–H groups in total. The Bertz CT molecular complexity index is 813. The van der Waals surface area contributed by atoms with Gasteiger partial charge in [-0.15, -0.1) is 11.8 Å². The van der Waals surface area contributed by atoms with Crippen LogP contribution in [0.3, 0.4) is 0 Å². The van der Waals surface area contributed by atoms with E-state index in [1.54, 1.807) is 11.8 Å². The molecule has 5 heteroatoms. The number of hydrogen-bond acceptors (Lipinski definition) is 4. The Morgan fingerprint density at radius 2 is 1.85 bits per heavy atom. The van der Waals surface area contributed by atoms with Gasteiger partial charge in [0.05, 0.1) is 17.4 Å². The third-order valence-electron chi connectivity index (χ3n) is 4.88. The topological polar surface area (TPSA) is 47.3 Å². The molecule has 140 valence electrons. The van der Waals surface area contributed by atoms with Gasteiger partial charge in [-0.2, -0.15) is 5.26 Å². The first-order valence-electron chi connectivity index (χ1n) is 9.33. The fourth-order valence-electron chi connectivity index (χ4n) is 3.27. The van der Waals surface area contributed by atoms with Crippen LogP contribution in [-0.2, 0) is 11.3 Å². The molecule has 0 spiro atoms. The first kappa shape index (κ1) is 19.5. The van der Waals surface area contributed by atoms with Gasteiger partial charge in [0, 0.05) is 37.6 Å². The quantitative estimate of drug-likeness (QED) is 0.744. The zero-order valence-corrected chi connectivity index (χ0v) is 16.5. The normalized spacial score (nSPS) is 15.2. The van der Waals surface area contributed by atoms with Gasteiger partial charge in [-0.25, -0.2) is 0 Å². The van der Waals surface area contributed by atoms with Gasteiger partial charge in [-0.1, -0.05) is 30.3 Å². The van der Waals surface area contributed by atoms with Crippen molar-refractivity contribution in [3.63, 3.8) is 0 Å². The predicted octanol–water partition coefficient (Wildman–Crippen LogP) is 3.69. The van der Waals surface area contributed by atoms with E-state index in [1.807, 2.05) is 41.3 Å². The Hall–Kier alpha value is -2.29. The molecule has 0 unspecified atom stereocenters. The molecular formula is C22H25N3OS. The highest BCUT2D eigenvalue weighted by molar-refractivity contribution is 8.00. The van der Waals surface area contributed by atoms with Gasteiger partial charge in [0.15, 0.2) is 0 Å². The number of carbonyl (C=O) groups excluding carboxylic acids is 1.